The van der Waals surface area contributed by atoms with E-state index in [4.69, 9.17) is 16.3 Å². The first-order valence-corrected chi connectivity index (χ1v) is 19.6. The van der Waals surface area contributed by atoms with Crippen LogP contribution in [0.25, 0.3) is 6.08 Å². The minimum atomic E-state index is -0.706. The van der Waals surface area contributed by atoms with Gasteiger partial charge in [-0.1, -0.05) is 69.6 Å². The van der Waals surface area contributed by atoms with E-state index in [1.807, 2.05) is 13.0 Å². The molecule has 0 radical (unpaired) electrons. The SMILES string of the molecule is CCOC(=O)c1c(NC(=O)C(CC)Sc2cccc(NC(=O)/C(=C\c3c(F)cccc3Cl)NC(=O)c3ccccc3)c2)sc2c1CCC(C(C)(C)C)C2. The van der Waals surface area contributed by atoms with Crippen molar-refractivity contribution in [1.82, 2.24) is 5.32 Å². The zero-order valence-corrected chi connectivity index (χ0v) is 32.7. The zero-order chi connectivity index (χ0) is 38.3. The first-order chi connectivity index (χ1) is 25.3. The molecule has 1 aromatic heterocycles. The molecule has 3 amide bonds. The summed E-state index contributed by atoms with van der Waals surface area (Å²) < 4.78 is 20.2. The number of esters is 1. The first-order valence-electron chi connectivity index (χ1n) is 17.5. The molecular weight excluding hydrogens is 733 g/mol. The summed E-state index contributed by atoms with van der Waals surface area (Å²) in [7, 11) is 0. The fraction of sp³-hybridized carbons (Fsp3) is 0.317. The second-order valence-corrected chi connectivity index (χ2v) is 16.5. The van der Waals surface area contributed by atoms with E-state index in [9.17, 15) is 23.6 Å². The van der Waals surface area contributed by atoms with Crippen LogP contribution >= 0.6 is 34.7 Å². The van der Waals surface area contributed by atoms with Gasteiger partial charge in [0.25, 0.3) is 11.8 Å². The van der Waals surface area contributed by atoms with Crippen LogP contribution in [0.15, 0.2) is 83.4 Å². The number of ether oxygens (including phenoxy) is 1. The number of fused-ring (bicyclic) bond motifs is 1. The minimum absolute atomic E-state index is 0.0551. The van der Waals surface area contributed by atoms with E-state index >= 15 is 0 Å². The summed E-state index contributed by atoms with van der Waals surface area (Å²) in [6, 6.07) is 19.4. The number of anilines is 2. The number of carbonyl (C=O) groups excluding carboxylic acids is 4. The van der Waals surface area contributed by atoms with E-state index in [0.717, 1.165) is 29.7 Å². The molecule has 3 aromatic carbocycles. The molecule has 2 atom stereocenters. The van der Waals surface area contributed by atoms with Crippen LogP contribution in [0, 0.1) is 17.2 Å². The van der Waals surface area contributed by atoms with Gasteiger partial charge in [-0.15, -0.1) is 23.1 Å². The van der Waals surface area contributed by atoms with Crippen LogP contribution in [-0.2, 0) is 27.2 Å². The molecule has 53 heavy (non-hydrogen) atoms. The molecular formula is C41H43ClFN3O5S2. The highest BCUT2D eigenvalue weighted by atomic mass is 35.5. The Bertz CT molecular complexity index is 2010. The molecule has 0 saturated heterocycles. The molecule has 278 valence electrons. The summed E-state index contributed by atoms with van der Waals surface area (Å²) in [6.45, 7) is 10.6. The lowest BCUT2D eigenvalue weighted by Crippen LogP contribution is -2.30. The second-order valence-electron chi connectivity index (χ2n) is 13.7. The van der Waals surface area contributed by atoms with E-state index in [-0.39, 0.29) is 34.2 Å². The van der Waals surface area contributed by atoms with Crippen molar-refractivity contribution in [2.75, 3.05) is 17.2 Å². The fourth-order valence-electron chi connectivity index (χ4n) is 6.09. The van der Waals surface area contributed by atoms with E-state index in [1.54, 1.807) is 55.5 Å². The van der Waals surface area contributed by atoms with Gasteiger partial charge in [-0.2, -0.15) is 0 Å². The quantitative estimate of drug-likeness (QED) is 0.0751. The lowest BCUT2D eigenvalue weighted by molar-refractivity contribution is -0.116. The molecule has 12 heteroatoms. The van der Waals surface area contributed by atoms with Crippen molar-refractivity contribution in [2.24, 2.45) is 11.3 Å². The molecule has 3 N–H and O–H groups in total. The Morgan fingerprint density at radius 3 is 2.43 bits per heavy atom. The zero-order valence-electron chi connectivity index (χ0n) is 30.3. The third kappa shape index (κ3) is 9.96. The van der Waals surface area contributed by atoms with Gasteiger partial charge in [-0.05, 0) is 98.0 Å². The number of rotatable bonds is 12. The van der Waals surface area contributed by atoms with Gasteiger partial charge in [-0.25, -0.2) is 9.18 Å². The topological polar surface area (TPSA) is 114 Å². The number of hydrogen-bond acceptors (Lipinski definition) is 7. The van der Waals surface area contributed by atoms with Crippen LogP contribution in [-0.4, -0.2) is 35.5 Å². The van der Waals surface area contributed by atoms with Gasteiger partial charge >= 0.3 is 5.97 Å². The van der Waals surface area contributed by atoms with Gasteiger partial charge in [0.15, 0.2) is 0 Å². The monoisotopic (exact) mass is 775 g/mol. The van der Waals surface area contributed by atoms with Gasteiger partial charge < -0.3 is 20.7 Å². The predicted molar refractivity (Wildman–Crippen MR) is 212 cm³/mol. The molecule has 5 rings (SSSR count). The van der Waals surface area contributed by atoms with Gasteiger partial charge in [0.2, 0.25) is 5.91 Å². The number of thiophene rings is 1. The van der Waals surface area contributed by atoms with Gasteiger partial charge in [-0.3, -0.25) is 14.4 Å². The summed E-state index contributed by atoms with van der Waals surface area (Å²) >= 11 is 9.03. The number of thioether (sulfide) groups is 1. The molecule has 1 heterocycles. The molecule has 0 spiro atoms. The van der Waals surface area contributed by atoms with E-state index < -0.39 is 28.9 Å². The third-order valence-electron chi connectivity index (χ3n) is 9.06. The first kappa shape index (κ1) is 39.8. The van der Waals surface area contributed by atoms with Crippen molar-refractivity contribution in [3.63, 3.8) is 0 Å². The Kier molecular flexibility index (Phi) is 13.2. The van der Waals surface area contributed by atoms with Crippen LogP contribution in [0.3, 0.4) is 0 Å². The predicted octanol–water partition coefficient (Wildman–Crippen LogP) is 9.79. The molecule has 0 bridgehead atoms. The van der Waals surface area contributed by atoms with Crippen LogP contribution in [0.2, 0.25) is 5.02 Å². The molecule has 1 aliphatic rings. The van der Waals surface area contributed by atoms with Crippen molar-refractivity contribution in [2.45, 2.75) is 70.4 Å². The van der Waals surface area contributed by atoms with Crippen LogP contribution in [0.1, 0.15) is 84.2 Å². The maximum absolute atomic E-state index is 14.8. The number of carbonyl (C=O) groups is 4. The molecule has 2 unspecified atom stereocenters. The van der Waals surface area contributed by atoms with E-state index in [1.165, 1.54) is 47.4 Å². The van der Waals surface area contributed by atoms with Crippen LogP contribution in [0.4, 0.5) is 15.1 Å². The van der Waals surface area contributed by atoms with Crippen molar-refractivity contribution < 1.29 is 28.3 Å². The van der Waals surface area contributed by atoms with Crippen molar-refractivity contribution >= 4 is 75.2 Å². The van der Waals surface area contributed by atoms with E-state index in [2.05, 4.69) is 36.7 Å². The Morgan fingerprint density at radius 1 is 1.02 bits per heavy atom. The number of nitrogens with one attached hydrogen (secondary N) is 3. The Balaban J connectivity index is 1.34. The maximum atomic E-state index is 14.8. The lowest BCUT2D eigenvalue weighted by atomic mass is 9.72. The summed E-state index contributed by atoms with van der Waals surface area (Å²) in [5, 5.41) is 8.49. The van der Waals surface area contributed by atoms with Gasteiger partial charge in [0, 0.05) is 26.6 Å². The number of amides is 3. The highest BCUT2D eigenvalue weighted by molar-refractivity contribution is 8.00. The number of hydrogen-bond donors (Lipinski definition) is 3. The van der Waals surface area contributed by atoms with Crippen molar-refractivity contribution in [1.29, 1.82) is 0 Å². The average molecular weight is 776 g/mol. The van der Waals surface area contributed by atoms with Gasteiger partial charge in [0.1, 0.15) is 16.5 Å². The third-order valence-corrected chi connectivity index (χ3v) is 11.9. The molecule has 0 aliphatic heterocycles. The van der Waals surface area contributed by atoms with Gasteiger partial charge in [0.05, 0.1) is 22.4 Å². The Hall–Kier alpha value is -4.45. The Labute approximate surface area is 322 Å². The highest BCUT2D eigenvalue weighted by Gasteiger charge is 2.35. The second kappa shape index (κ2) is 17.6. The fourth-order valence-corrected chi connectivity index (χ4v) is 8.64. The molecule has 4 aromatic rings. The summed E-state index contributed by atoms with van der Waals surface area (Å²) in [5.74, 6) is -2.15. The standard InChI is InChI=1S/C41H43ClFN3O5S2/c1-6-33(38(49)46-39-35(40(50)51-7-2)28-20-19-25(41(3,4)5)21-34(28)53-39)52-27-16-11-15-26(22-27)44-37(48)32(23-29-30(42)17-12-18-31(29)43)45-36(47)24-13-9-8-10-14-24/h8-18,22-23,25,33H,6-7,19-21H2,1-5H3,(H,44,48)(H,45,47)(H,46,49)/b32-23+. The average Bonchev–Trinajstić information content (AvgIpc) is 3.49. The Morgan fingerprint density at radius 2 is 1.75 bits per heavy atom. The molecule has 1 aliphatic carbocycles. The normalized spacial score (nSPS) is 14.8. The summed E-state index contributed by atoms with van der Waals surface area (Å²) in [6.07, 6.45) is 4.24. The van der Waals surface area contributed by atoms with Crippen LogP contribution in [0.5, 0.6) is 0 Å². The summed E-state index contributed by atoms with van der Waals surface area (Å²) in [4.78, 5) is 55.5. The van der Waals surface area contributed by atoms with E-state index in [0.29, 0.717) is 39.0 Å². The largest absolute Gasteiger partial charge is 0.462 e. The van der Waals surface area contributed by atoms with Crippen LogP contribution < -0.4 is 16.0 Å². The molecule has 0 saturated carbocycles. The lowest BCUT2D eigenvalue weighted by Gasteiger charge is -2.33. The minimum Gasteiger partial charge on any atom is -0.462 e. The maximum Gasteiger partial charge on any atom is 0.341 e. The van der Waals surface area contributed by atoms with Crippen molar-refractivity contribution in [3.05, 3.63) is 116 Å². The summed E-state index contributed by atoms with van der Waals surface area (Å²) in [5.41, 5.74) is 1.96. The number of halogens is 2. The molecule has 8 nitrogen and oxygen atoms in total. The van der Waals surface area contributed by atoms with Crippen molar-refractivity contribution in [3.8, 4) is 0 Å². The number of benzene rings is 3. The highest BCUT2D eigenvalue weighted by Crippen LogP contribution is 2.45. The molecule has 0 fully saturated rings. The smallest absolute Gasteiger partial charge is 0.341 e.